The van der Waals surface area contributed by atoms with E-state index in [2.05, 4.69) is 5.10 Å². The largest absolute Gasteiger partial charge is 0.458 e. The quantitative estimate of drug-likeness (QED) is 0.689. The molecule has 0 fully saturated rings. The van der Waals surface area contributed by atoms with Crippen LogP contribution in [0.15, 0.2) is 6.07 Å². The first-order valence-corrected chi connectivity index (χ1v) is 4.78. The topological polar surface area (TPSA) is 44.1 Å². The molecule has 0 aliphatic rings. The molecule has 1 heterocycles. The Labute approximate surface area is 83.9 Å². The summed E-state index contributed by atoms with van der Waals surface area (Å²) in [6.07, 6.45) is 0.757. The second-order valence-electron chi connectivity index (χ2n) is 3.45. The van der Waals surface area contributed by atoms with Gasteiger partial charge in [-0.25, -0.2) is 4.79 Å². The average Bonchev–Trinajstić information content (AvgIpc) is 2.45. The smallest absolute Gasteiger partial charge is 0.359 e. The number of hydrogen-bond acceptors (Lipinski definition) is 3. The number of hydrogen-bond donors (Lipinski definition) is 0. The summed E-state index contributed by atoms with van der Waals surface area (Å²) in [5.74, 6) is -0.352. The van der Waals surface area contributed by atoms with Crippen molar-refractivity contribution in [3.63, 3.8) is 0 Å². The van der Waals surface area contributed by atoms with Gasteiger partial charge in [-0.2, -0.15) is 5.10 Å². The Morgan fingerprint density at radius 2 is 2.29 bits per heavy atom. The van der Waals surface area contributed by atoms with Crippen molar-refractivity contribution in [1.29, 1.82) is 0 Å². The van der Waals surface area contributed by atoms with Crippen LogP contribution in [0.2, 0.25) is 0 Å². The van der Waals surface area contributed by atoms with Crippen molar-refractivity contribution in [3.05, 3.63) is 17.5 Å². The van der Waals surface area contributed by atoms with Crippen molar-refractivity contribution in [1.82, 2.24) is 9.78 Å². The third-order valence-corrected chi connectivity index (χ3v) is 1.89. The fraction of sp³-hybridized carbons (Fsp3) is 0.600. The molecular weight excluding hydrogens is 180 g/mol. The Hall–Kier alpha value is -1.32. The van der Waals surface area contributed by atoms with Crippen LogP contribution < -0.4 is 0 Å². The molecule has 0 N–H and O–H groups in total. The van der Waals surface area contributed by atoms with E-state index in [9.17, 15) is 4.79 Å². The summed E-state index contributed by atoms with van der Waals surface area (Å²) in [6, 6.07) is 1.77. The Morgan fingerprint density at radius 1 is 1.64 bits per heavy atom. The van der Waals surface area contributed by atoms with Crippen LogP contribution in [-0.2, 0) is 18.2 Å². The predicted octanol–water partition coefficient (Wildman–Crippen LogP) is 1.55. The van der Waals surface area contributed by atoms with E-state index in [1.807, 2.05) is 27.8 Å². The standard InChI is InChI=1S/C10H16N2O2/c1-5-8-6-9(11-12(8)4)10(13)14-7(2)3/h6-7H,5H2,1-4H3. The highest BCUT2D eigenvalue weighted by molar-refractivity contribution is 5.87. The van der Waals surface area contributed by atoms with Crippen molar-refractivity contribution in [2.24, 2.45) is 7.05 Å². The van der Waals surface area contributed by atoms with E-state index in [4.69, 9.17) is 4.74 Å². The molecule has 4 heteroatoms. The van der Waals surface area contributed by atoms with Gasteiger partial charge in [-0.3, -0.25) is 4.68 Å². The fourth-order valence-corrected chi connectivity index (χ4v) is 1.21. The zero-order chi connectivity index (χ0) is 10.7. The highest BCUT2D eigenvalue weighted by Crippen LogP contribution is 2.06. The molecule has 0 aromatic carbocycles. The van der Waals surface area contributed by atoms with Crippen LogP contribution in [0.5, 0.6) is 0 Å². The molecule has 0 atom stereocenters. The maximum absolute atomic E-state index is 11.4. The summed E-state index contributed by atoms with van der Waals surface area (Å²) >= 11 is 0. The minimum atomic E-state index is -0.352. The minimum Gasteiger partial charge on any atom is -0.458 e. The molecule has 0 unspecified atom stereocenters. The molecule has 1 aromatic rings. The van der Waals surface area contributed by atoms with E-state index in [1.54, 1.807) is 10.7 Å². The third-order valence-electron chi connectivity index (χ3n) is 1.89. The zero-order valence-electron chi connectivity index (χ0n) is 9.07. The van der Waals surface area contributed by atoms with E-state index in [0.717, 1.165) is 12.1 Å². The molecule has 0 saturated heterocycles. The number of nitrogens with zero attached hydrogens (tertiary/aromatic N) is 2. The van der Waals surface area contributed by atoms with Crippen LogP contribution >= 0.6 is 0 Å². The lowest BCUT2D eigenvalue weighted by atomic mass is 10.3. The van der Waals surface area contributed by atoms with Crippen molar-refractivity contribution in [2.75, 3.05) is 0 Å². The van der Waals surface area contributed by atoms with Crippen LogP contribution in [0, 0.1) is 0 Å². The average molecular weight is 196 g/mol. The number of aromatic nitrogens is 2. The van der Waals surface area contributed by atoms with Gasteiger partial charge in [0.05, 0.1) is 6.10 Å². The van der Waals surface area contributed by atoms with Crippen LogP contribution in [0.3, 0.4) is 0 Å². The maximum atomic E-state index is 11.4. The van der Waals surface area contributed by atoms with Gasteiger partial charge in [0, 0.05) is 12.7 Å². The normalized spacial score (nSPS) is 10.6. The number of carbonyl (C=O) groups excluding carboxylic acids is 1. The summed E-state index contributed by atoms with van der Waals surface area (Å²) in [4.78, 5) is 11.4. The second kappa shape index (κ2) is 4.26. The Bertz CT molecular complexity index is 329. The molecular formula is C10H16N2O2. The number of rotatable bonds is 3. The lowest BCUT2D eigenvalue weighted by molar-refractivity contribution is 0.0370. The number of aryl methyl sites for hydroxylation is 2. The van der Waals surface area contributed by atoms with Gasteiger partial charge in [-0.15, -0.1) is 0 Å². The van der Waals surface area contributed by atoms with Crippen LogP contribution in [0.25, 0.3) is 0 Å². The van der Waals surface area contributed by atoms with E-state index in [0.29, 0.717) is 5.69 Å². The van der Waals surface area contributed by atoms with Gasteiger partial charge in [-0.05, 0) is 26.3 Å². The molecule has 0 aliphatic carbocycles. The second-order valence-corrected chi connectivity index (χ2v) is 3.45. The lowest BCUT2D eigenvalue weighted by Crippen LogP contribution is -2.12. The van der Waals surface area contributed by atoms with Crippen LogP contribution in [-0.4, -0.2) is 21.9 Å². The maximum Gasteiger partial charge on any atom is 0.359 e. The number of carbonyl (C=O) groups is 1. The van der Waals surface area contributed by atoms with E-state index < -0.39 is 0 Å². The number of esters is 1. The molecule has 1 rings (SSSR count). The molecule has 0 saturated carbocycles. The molecule has 14 heavy (non-hydrogen) atoms. The van der Waals surface area contributed by atoms with Crippen LogP contribution in [0.1, 0.15) is 37.0 Å². The van der Waals surface area contributed by atoms with Gasteiger partial charge in [0.2, 0.25) is 0 Å². The lowest BCUT2D eigenvalue weighted by Gasteiger charge is -2.04. The Morgan fingerprint density at radius 3 is 2.71 bits per heavy atom. The molecule has 1 aromatic heterocycles. The van der Waals surface area contributed by atoms with Gasteiger partial charge in [0.1, 0.15) is 0 Å². The minimum absolute atomic E-state index is 0.102. The molecule has 0 radical (unpaired) electrons. The fourth-order valence-electron chi connectivity index (χ4n) is 1.21. The SMILES string of the molecule is CCc1cc(C(=O)OC(C)C)nn1C. The van der Waals surface area contributed by atoms with Crippen molar-refractivity contribution >= 4 is 5.97 Å². The molecule has 0 spiro atoms. The van der Waals surface area contributed by atoms with Crippen molar-refractivity contribution in [2.45, 2.75) is 33.3 Å². The zero-order valence-corrected chi connectivity index (χ0v) is 9.07. The molecule has 0 aliphatic heterocycles. The highest BCUT2D eigenvalue weighted by Gasteiger charge is 2.14. The molecule has 0 bridgehead atoms. The first-order chi connectivity index (χ1) is 6.54. The summed E-state index contributed by atoms with van der Waals surface area (Å²) in [6.45, 7) is 5.66. The Balaban J connectivity index is 2.80. The van der Waals surface area contributed by atoms with Crippen molar-refractivity contribution in [3.8, 4) is 0 Å². The first-order valence-electron chi connectivity index (χ1n) is 4.78. The predicted molar refractivity (Wildman–Crippen MR) is 53.1 cm³/mol. The monoisotopic (exact) mass is 196 g/mol. The first kappa shape index (κ1) is 10.8. The van der Waals surface area contributed by atoms with Gasteiger partial charge in [0.15, 0.2) is 5.69 Å². The highest BCUT2D eigenvalue weighted by atomic mass is 16.5. The molecule has 4 nitrogen and oxygen atoms in total. The summed E-state index contributed by atoms with van der Waals surface area (Å²) < 4.78 is 6.74. The van der Waals surface area contributed by atoms with E-state index in [1.165, 1.54) is 0 Å². The van der Waals surface area contributed by atoms with Gasteiger partial charge in [0.25, 0.3) is 0 Å². The van der Waals surface area contributed by atoms with Gasteiger partial charge in [-0.1, -0.05) is 6.92 Å². The summed E-state index contributed by atoms with van der Waals surface area (Å²) in [7, 11) is 1.82. The van der Waals surface area contributed by atoms with E-state index in [-0.39, 0.29) is 12.1 Å². The third kappa shape index (κ3) is 2.34. The van der Waals surface area contributed by atoms with Gasteiger partial charge >= 0.3 is 5.97 Å². The van der Waals surface area contributed by atoms with Crippen LogP contribution in [0.4, 0.5) is 0 Å². The summed E-state index contributed by atoms with van der Waals surface area (Å²) in [5.41, 5.74) is 1.42. The van der Waals surface area contributed by atoms with Crippen molar-refractivity contribution < 1.29 is 9.53 Å². The Kier molecular flexibility index (Phi) is 3.28. The van der Waals surface area contributed by atoms with E-state index >= 15 is 0 Å². The molecule has 0 amide bonds. The van der Waals surface area contributed by atoms with Gasteiger partial charge < -0.3 is 4.74 Å². The summed E-state index contributed by atoms with van der Waals surface area (Å²) in [5, 5.41) is 4.08. The molecule has 78 valence electrons. The number of ether oxygens (including phenoxy) is 1.